The highest BCUT2D eigenvalue weighted by molar-refractivity contribution is 6.30. The summed E-state index contributed by atoms with van der Waals surface area (Å²) in [6.45, 7) is 2.17. The molecular weight excluding hydrogens is 348 g/mol. The van der Waals surface area contributed by atoms with Gasteiger partial charge in [-0.15, -0.1) is 0 Å². The van der Waals surface area contributed by atoms with Crippen molar-refractivity contribution in [2.24, 2.45) is 0 Å². The van der Waals surface area contributed by atoms with Gasteiger partial charge >= 0.3 is 0 Å². The Morgan fingerprint density at radius 1 is 1.08 bits per heavy atom. The predicted octanol–water partition coefficient (Wildman–Crippen LogP) is 6.12. The number of rotatable bonds is 4. The highest BCUT2D eigenvalue weighted by Crippen LogP contribution is 2.27. The van der Waals surface area contributed by atoms with E-state index in [1.807, 2.05) is 12.1 Å². The van der Waals surface area contributed by atoms with Crippen LogP contribution in [-0.4, -0.2) is 23.9 Å². The molecule has 2 aromatic rings. The molecule has 3 rings (SSSR count). The summed E-state index contributed by atoms with van der Waals surface area (Å²) in [5, 5.41) is 11.2. The van der Waals surface area contributed by atoms with Crippen molar-refractivity contribution in [1.29, 1.82) is 0 Å². The lowest BCUT2D eigenvalue weighted by atomic mass is 9.91. The first-order valence-electron chi connectivity index (χ1n) is 8.72. The Kier molecular flexibility index (Phi) is 7.37. The molecule has 4 nitrogen and oxygen atoms in total. The Bertz CT molecular complexity index is 747. The second-order valence-electron chi connectivity index (χ2n) is 6.70. The molecule has 138 valence electrons. The smallest absolute Gasteiger partial charge is 0.269 e. The Morgan fingerprint density at radius 3 is 2.08 bits per heavy atom. The van der Waals surface area contributed by atoms with Crippen molar-refractivity contribution in [2.75, 3.05) is 14.1 Å². The van der Waals surface area contributed by atoms with E-state index in [9.17, 15) is 10.1 Å². The van der Waals surface area contributed by atoms with Gasteiger partial charge in [0.2, 0.25) is 0 Å². The Labute approximate surface area is 160 Å². The van der Waals surface area contributed by atoms with Gasteiger partial charge in [0.1, 0.15) is 0 Å². The fraction of sp³-hybridized carbons (Fsp3) is 0.333. The molecule has 26 heavy (non-hydrogen) atoms. The number of hydrogen-bond donors (Lipinski definition) is 0. The highest BCUT2D eigenvalue weighted by Gasteiger charge is 2.08. The molecule has 0 spiro atoms. The Morgan fingerprint density at radius 2 is 1.65 bits per heavy atom. The first kappa shape index (κ1) is 20.1. The van der Waals surface area contributed by atoms with E-state index in [2.05, 4.69) is 44.1 Å². The monoisotopic (exact) mass is 372 g/mol. The molecule has 0 bridgehead atoms. The van der Waals surface area contributed by atoms with Crippen molar-refractivity contribution in [2.45, 2.75) is 32.2 Å². The van der Waals surface area contributed by atoms with Crippen molar-refractivity contribution in [3.05, 3.63) is 80.4 Å². The maximum Gasteiger partial charge on any atom is 0.269 e. The zero-order valence-corrected chi connectivity index (χ0v) is 16.2. The minimum atomic E-state index is -0.375. The van der Waals surface area contributed by atoms with Gasteiger partial charge in [0.15, 0.2) is 0 Å². The highest BCUT2D eigenvalue weighted by atomic mass is 35.5. The summed E-state index contributed by atoms with van der Waals surface area (Å²) < 4.78 is 0. The van der Waals surface area contributed by atoms with Crippen LogP contribution in [-0.2, 0) is 0 Å². The lowest BCUT2D eigenvalue weighted by molar-refractivity contribution is -0.384. The number of nitro benzene ring substituents is 1. The molecule has 2 aromatic carbocycles. The number of hydrogen-bond acceptors (Lipinski definition) is 3. The molecule has 0 N–H and O–H groups in total. The van der Waals surface area contributed by atoms with Crippen molar-refractivity contribution in [3.8, 4) is 0 Å². The molecule has 1 unspecified atom stereocenters. The lowest BCUT2D eigenvalue weighted by Crippen LogP contribution is -2.16. The first-order valence-corrected chi connectivity index (χ1v) is 9.10. The normalized spacial score (nSPS) is 14.1. The summed E-state index contributed by atoms with van der Waals surface area (Å²) in [6.07, 6.45) is 5.75. The number of nitro groups is 1. The summed E-state index contributed by atoms with van der Waals surface area (Å²) in [7, 11) is 4.14. The summed E-state index contributed by atoms with van der Waals surface area (Å²) in [5.41, 5.74) is 3.95. The van der Waals surface area contributed by atoms with Crippen LogP contribution in [0, 0.1) is 10.1 Å². The summed E-state index contributed by atoms with van der Waals surface area (Å²) in [5.74, 6) is 0. The third-order valence-corrected chi connectivity index (χ3v) is 4.85. The van der Waals surface area contributed by atoms with E-state index < -0.39 is 0 Å². The zero-order chi connectivity index (χ0) is 19.1. The predicted molar refractivity (Wildman–Crippen MR) is 108 cm³/mol. The average Bonchev–Trinajstić information content (AvgIpc) is 2.59. The van der Waals surface area contributed by atoms with Gasteiger partial charge < -0.3 is 4.90 Å². The van der Waals surface area contributed by atoms with Gasteiger partial charge in [0.05, 0.1) is 4.92 Å². The van der Waals surface area contributed by atoms with Crippen LogP contribution in [0.15, 0.2) is 54.1 Å². The number of allylic oxidation sites excluding steroid dienone is 1. The van der Waals surface area contributed by atoms with Crippen LogP contribution in [0.3, 0.4) is 0 Å². The third kappa shape index (κ3) is 5.97. The van der Waals surface area contributed by atoms with E-state index in [0.717, 1.165) is 10.6 Å². The molecular formula is C21H25ClN2O2. The number of nitrogens with zero attached hydrogens (tertiary/aromatic N) is 2. The van der Waals surface area contributed by atoms with Crippen LogP contribution in [0.2, 0.25) is 5.02 Å². The zero-order valence-electron chi connectivity index (χ0n) is 15.5. The molecule has 0 saturated heterocycles. The molecule has 1 aliphatic carbocycles. The maximum absolute atomic E-state index is 10.4. The van der Waals surface area contributed by atoms with Crippen molar-refractivity contribution < 1.29 is 4.92 Å². The van der Waals surface area contributed by atoms with Crippen LogP contribution in [0.5, 0.6) is 0 Å². The van der Waals surface area contributed by atoms with Crippen molar-refractivity contribution >= 4 is 23.4 Å². The first-order chi connectivity index (χ1) is 12.4. The van der Waals surface area contributed by atoms with Crippen molar-refractivity contribution in [1.82, 2.24) is 4.90 Å². The van der Waals surface area contributed by atoms with E-state index in [1.54, 1.807) is 24.3 Å². The van der Waals surface area contributed by atoms with Crippen LogP contribution in [0.25, 0.3) is 6.08 Å². The molecule has 0 amide bonds. The minimum absolute atomic E-state index is 0.153. The summed E-state index contributed by atoms with van der Waals surface area (Å²) in [6, 6.07) is 15.1. The second-order valence-corrected chi connectivity index (χ2v) is 7.13. The van der Waals surface area contributed by atoms with E-state index in [0.29, 0.717) is 6.04 Å². The van der Waals surface area contributed by atoms with Crippen LogP contribution in [0.4, 0.5) is 5.69 Å². The van der Waals surface area contributed by atoms with E-state index >= 15 is 0 Å². The molecule has 1 fully saturated rings. The number of benzene rings is 2. The van der Waals surface area contributed by atoms with Gasteiger partial charge in [-0.05, 0) is 75.7 Å². The van der Waals surface area contributed by atoms with E-state index in [4.69, 9.17) is 11.6 Å². The second kappa shape index (κ2) is 9.51. The minimum Gasteiger partial charge on any atom is -0.303 e. The number of halogens is 1. The Balaban J connectivity index is 0.000000190. The molecule has 1 aliphatic rings. The molecule has 0 heterocycles. The molecule has 1 saturated carbocycles. The molecule has 5 heteroatoms. The third-order valence-electron chi connectivity index (χ3n) is 4.60. The van der Waals surface area contributed by atoms with Crippen LogP contribution in [0.1, 0.15) is 43.4 Å². The summed E-state index contributed by atoms with van der Waals surface area (Å²) >= 11 is 5.78. The van der Waals surface area contributed by atoms with E-state index in [1.165, 1.54) is 30.4 Å². The summed E-state index contributed by atoms with van der Waals surface area (Å²) in [4.78, 5) is 12.2. The molecule has 0 radical (unpaired) electrons. The van der Waals surface area contributed by atoms with Gasteiger partial charge in [0, 0.05) is 23.2 Å². The van der Waals surface area contributed by atoms with Gasteiger partial charge in [-0.2, -0.15) is 0 Å². The average molecular weight is 373 g/mol. The maximum atomic E-state index is 10.4. The fourth-order valence-corrected chi connectivity index (χ4v) is 2.62. The topological polar surface area (TPSA) is 46.4 Å². The SMILES string of the molecule is CC(c1ccc(Cl)cc1)N(C)C.O=[N+]([O-])c1ccc(C=C2CCC2)cc1. The molecule has 1 atom stereocenters. The quantitative estimate of drug-likeness (QED) is 0.479. The van der Waals surface area contributed by atoms with Crippen molar-refractivity contribution in [3.63, 3.8) is 0 Å². The fourth-order valence-electron chi connectivity index (χ4n) is 2.49. The van der Waals surface area contributed by atoms with E-state index in [-0.39, 0.29) is 10.6 Å². The van der Waals surface area contributed by atoms with Crippen LogP contribution < -0.4 is 0 Å². The Hall–Kier alpha value is -2.17. The largest absolute Gasteiger partial charge is 0.303 e. The lowest BCUT2D eigenvalue weighted by Gasteiger charge is -2.19. The van der Waals surface area contributed by atoms with Gasteiger partial charge in [-0.1, -0.05) is 35.4 Å². The number of non-ortho nitro benzene ring substituents is 1. The molecule has 0 aromatic heterocycles. The van der Waals surface area contributed by atoms with Gasteiger partial charge in [-0.25, -0.2) is 0 Å². The molecule has 0 aliphatic heterocycles. The standard InChI is InChI=1S/C11H11NO2.C10H14ClN/c13-12(14)11-6-4-10(5-7-11)8-9-2-1-3-9;1-8(12(2)3)9-4-6-10(11)7-5-9/h4-8H,1-3H2;4-8H,1-3H3. The van der Waals surface area contributed by atoms with Gasteiger partial charge in [-0.3, -0.25) is 10.1 Å². The van der Waals surface area contributed by atoms with Gasteiger partial charge in [0.25, 0.3) is 5.69 Å². The van der Waals surface area contributed by atoms with Crippen LogP contribution >= 0.6 is 11.6 Å².